The molecule has 0 saturated carbocycles. The van der Waals surface area contributed by atoms with Crippen LogP contribution in [0.2, 0.25) is 0 Å². The van der Waals surface area contributed by atoms with E-state index in [0.717, 1.165) is 50.6 Å². The third-order valence-electron chi connectivity index (χ3n) is 4.81. The summed E-state index contributed by atoms with van der Waals surface area (Å²) in [6, 6.07) is 6.16. The lowest BCUT2D eigenvalue weighted by molar-refractivity contribution is -0.120. The van der Waals surface area contributed by atoms with Gasteiger partial charge in [0.1, 0.15) is 17.4 Å². The van der Waals surface area contributed by atoms with Gasteiger partial charge in [0.2, 0.25) is 15.9 Å². The van der Waals surface area contributed by atoms with E-state index < -0.39 is 39.0 Å². The smallest absolute Gasteiger partial charge is 0.246 e. The minimum atomic E-state index is -4.51. The average molecular weight is 427 g/mol. The van der Waals surface area contributed by atoms with Gasteiger partial charge in [-0.3, -0.25) is 9.69 Å². The third-order valence-corrected chi connectivity index (χ3v) is 6.26. The van der Waals surface area contributed by atoms with Crippen LogP contribution in [0.15, 0.2) is 45.9 Å². The molecule has 2 heterocycles. The van der Waals surface area contributed by atoms with Gasteiger partial charge in [0.25, 0.3) is 0 Å². The van der Waals surface area contributed by atoms with E-state index in [9.17, 15) is 22.0 Å². The molecule has 1 aliphatic rings. The number of rotatable bonds is 8. The Kier molecular flexibility index (Phi) is 6.99. The van der Waals surface area contributed by atoms with Crippen LogP contribution in [0.25, 0.3) is 0 Å². The van der Waals surface area contributed by atoms with Gasteiger partial charge in [0.15, 0.2) is 4.90 Å². The van der Waals surface area contributed by atoms with Gasteiger partial charge in [-0.05, 0) is 50.2 Å². The normalized spacial score (nSPS) is 16.5. The minimum Gasteiger partial charge on any atom is -0.468 e. The fraction of sp³-hybridized carbons (Fsp3) is 0.421. The predicted octanol–water partition coefficient (Wildman–Crippen LogP) is 2.18. The zero-order valence-corrected chi connectivity index (χ0v) is 16.6. The Morgan fingerprint density at radius 1 is 1.10 bits per heavy atom. The summed E-state index contributed by atoms with van der Waals surface area (Å²) in [6.45, 7) is 1.34. The fourth-order valence-corrected chi connectivity index (χ4v) is 4.48. The van der Waals surface area contributed by atoms with Crippen molar-refractivity contribution >= 4 is 15.9 Å². The molecule has 2 aromatic rings. The van der Waals surface area contributed by atoms with Crippen molar-refractivity contribution in [2.24, 2.45) is 0 Å². The van der Waals surface area contributed by atoms with Gasteiger partial charge in [0, 0.05) is 6.54 Å². The van der Waals surface area contributed by atoms with Crippen molar-refractivity contribution in [3.05, 3.63) is 54.0 Å². The molecule has 1 aliphatic heterocycles. The number of amides is 1. The molecule has 0 radical (unpaired) electrons. The molecule has 1 aromatic heterocycles. The van der Waals surface area contributed by atoms with Gasteiger partial charge in [-0.2, -0.15) is 0 Å². The number of hydrogen-bond acceptors (Lipinski definition) is 5. The second kappa shape index (κ2) is 9.47. The van der Waals surface area contributed by atoms with Crippen molar-refractivity contribution in [2.45, 2.75) is 30.2 Å². The third kappa shape index (κ3) is 5.40. The quantitative estimate of drug-likeness (QED) is 0.674. The summed E-state index contributed by atoms with van der Waals surface area (Å²) in [5.74, 6) is -2.35. The number of sulfonamides is 1. The summed E-state index contributed by atoms with van der Waals surface area (Å²) in [5, 5.41) is 2.67. The zero-order valence-electron chi connectivity index (χ0n) is 15.7. The minimum absolute atomic E-state index is 0.171. The summed E-state index contributed by atoms with van der Waals surface area (Å²) in [5.41, 5.74) is 0. The number of hydrogen-bond donors (Lipinski definition) is 2. The molecule has 0 spiro atoms. The van der Waals surface area contributed by atoms with Crippen LogP contribution < -0.4 is 10.0 Å². The van der Waals surface area contributed by atoms with Gasteiger partial charge in [-0.25, -0.2) is 21.9 Å². The molecule has 1 aromatic carbocycles. The van der Waals surface area contributed by atoms with E-state index in [1.807, 2.05) is 10.8 Å². The van der Waals surface area contributed by atoms with Gasteiger partial charge in [-0.15, -0.1) is 0 Å². The molecule has 158 valence electrons. The van der Waals surface area contributed by atoms with Gasteiger partial charge < -0.3 is 9.73 Å². The van der Waals surface area contributed by atoms with Crippen LogP contribution in [0, 0.1) is 11.6 Å². The maximum atomic E-state index is 13.7. The SMILES string of the molecule is O=C(CNS(=O)(=O)c1c(F)cccc1F)NC[C@@H](c1ccco1)N1CCCCC1. The van der Waals surface area contributed by atoms with Crippen molar-refractivity contribution in [3.8, 4) is 0 Å². The van der Waals surface area contributed by atoms with Crippen LogP contribution in [-0.2, 0) is 14.8 Å². The molecule has 29 heavy (non-hydrogen) atoms. The highest BCUT2D eigenvalue weighted by atomic mass is 32.2. The highest BCUT2D eigenvalue weighted by Gasteiger charge is 2.26. The van der Waals surface area contributed by atoms with Crippen molar-refractivity contribution in [3.63, 3.8) is 0 Å². The van der Waals surface area contributed by atoms with Crippen LogP contribution >= 0.6 is 0 Å². The molecule has 7 nitrogen and oxygen atoms in total. The molecule has 0 unspecified atom stereocenters. The Hall–Kier alpha value is -2.30. The van der Waals surface area contributed by atoms with Gasteiger partial charge in [-0.1, -0.05) is 12.5 Å². The zero-order chi connectivity index (χ0) is 20.9. The molecule has 0 aliphatic carbocycles. The largest absolute Gasteiger partial charge is 0.468 e. The first-order valence-electron chi connectivity index (χ1n) is 9.36. The molecule has 1 fully saturated rings. The van der Waals surface area contributed by atoms with Crippen molar-refractivity contribution in [1.82, 2.24) is 14.9 Å². The highest BCUT2D eigenvalue weighted by Crippen LogP contribution is 2.24. The first-order chi connectivity index (χ1) is 13.9. The van der Waals surface area contributed by atoms with Crippen LogP contribution in [-0.4, -0.2) is 45.4 Å². The standard InChI is InChI=1S/C19H23F2N3O4S/c20-14-6-4-7-15(21)19(14)29(26,27)23-13-18(25)22-12-16(17-8-5-11-28-17)24-9-2-1-3-10-24/h4-8,11,16,23H,1-3,9-10,12-13H2,(H,22,25)/t16-/m0/s1. The van der Waals surface area contributed by atoms with Crippen LogP contribution in [0.1, 0.15) is 31.1 Å². The van der Waals surface area contributed by atoms with E-state index in [1.54, 1.807) is 12.3 Å². The van der Waals surface area contributed by atoms with Crippen molar-refractivity contribution in [1.29, 1.82) is 0 Å². The monoisotopic (exact) mass is 427 g/mol. The van der Waals surface area contributed by atoms with Gasteiger partial charge >= 0.3 is 0 Å². The predicted molar refractivity (Wildman–Crippen MR) is 101 cm³/mol. The molecule has 1 amide bonds. The summed E-state index contributed by atoms with van der Waals surface area (Å²) in [4.78, 5) is 13.3. The van der Waals surface area contributed by atoms with E-state index in [0.29, 0.717) is 5.76 Å². The summed E-state index contributed by atoms with van der Waals surface area (Å²) in [7, 11) is -4.51. The second-order valence-corrected chi connectivity index (χ2v) is 8.51. The van der Waals surface area contributed by atoms with Crippen molar-refractivity contribution < 1.29 is 26.4 Å². The number of piperidine rings is 1. The molecule has 1 saturated heterocycles. The lowest BCUT2D eigenvalue weighted by Crippen LogP contribution is -2.43. The number of carbonyl (C=O) groups is 1. The molecule has 2 N–H and O–H groups in total. The maximum Gasteiger partial charge on any atom is 0.246 e. The first-order valence-corrected chi connectivity index (χ1v) is 10.8. The van der Waals surface area contributed by atoms with Gasteiger partial charge in [0.05, 0.1) is 18.8 Å². The van der Waals surface area contributed by atoms with Crippen LogP contribution in [0.4, 0.5) is 8.78 Å². The van der Waals surface area contributed by atoms with Crippen LogP contribution in [0.3, 0.4) is 0 Å². The Morgan fingerprint density at radius 2 is 1.79 bits per heavy atom. The number of furan rings is 1. The Labute approximate surface area is 168 Å². The second-order valence-electron chi connectivity index (χ2n) is 6.81. The number of halogens is 2. The molecule has 10 heteroatoms. The molecule has 0 bridgehead atoms. The average Bonchev–Trinajstić information content (AvgIpc) is 3.22. The molecule has 3 rings (SSSR count). The van der Waals surface area contributed by atoms with E-state index in [-0.39, 0.29) is 12.6 Å². The van der Waals surface area contributed by atoms with E-state index in [1.165, 1.54) is 0 Å². The summed E-state index contributed by atoms with van der Waals surface area (Å²) < 4.78 is 59.2. The first kappa shape index (κ1) is 21.4. The van der Waals surface area contributed by atoms with Crippen LogP contribution in [0.5, 0.6) is 0 Å². The summed E-state index contributed by atoms with van der Waals surface area (Å²) in [6.07, 6.45) is 4.83. The number of nitrogens with zero attached hydrogens (tertiary/aromatic N) is 1. The van der Waals surface area contributed by atoms with E-state index in [2.05, 4.69) is 10.2 Å². The van der Waals surface area contributed by atoms with Crippen molar-refractivity contribution in [2.75, 3.05) is 26.2 Å². The Balaban J connectivity index is 1.59. The topological polar surface area (TPSA) is 91.6 Å². The fourth-order valence-electron chi connectivity index (χ4n) is 3.37. The molecular weight excluding hydrogens is 404 g/mol. The lowest BCUT2D eigenvalue weighted by Gasteiger charge is -2.33. The lowest BCUT2D eigenvalue weighted by atomic mass is 10.1. The Bertz CT molecular complexity index is 909. The molecule has 1 atom stereocenters. The number of benzene rings is 1. The number of likely N-dealkylation sites (tertiary alicyclic amines) is 1. The maximum absolute atomic E-state index is 13.7. The van der Waals surface area contributed by atoms with E-state index >= 15 is 0 Å². The highest BCUT2D eigenvalue weighted by molar-refractivity contribution is 7.89. The number of nitrogens with one attached hydrogen (secondary N) is 2. The summed E-state index contributed by atoms with van der Waals surface area (Å²) >= 11 is 0. The Morgan fingerprint density at radius 3 is 2.41 bits per heavy atom. The number of carbonyl (C=O) groups excluding carboxylic acids is 1. The molecular formula is C19H23F2N3O4S. The van der Waals surface area contributed by atoms with E-state index in [4.69, 9.17) is 4.42 Å².